The molecule has 3 aromatic heterocycles. The molecule has 2 amide bonds. The van der Waals surface area contributed by atoms with Gasteiger partial charge in [-0.15, -0.1) is 11.3 Å². The minimum atomic E-state index is -0.538. The topological polar surface area (TPSA) is 114 Å². The van der Waals surface area contributed by atoms with Crippen LogP contribution >= 0.6 is 11.3 Å². The van der Waals surface area contributed by atoms with Crippen molar-refractivity contribution in [2.75, 3.05) is 22.1 Å². The molecule has 0 spiro atoms. The molecule has 0 bridgehead atoms. The number of amides is 2. The maximum atomic E-state index is 12.5. The average Bonchev–Trinajstić information content (AvgIpc) is 3.78. The lowest BCUT2D eigenvalue weighted by Crippen LogP contribution is -2.23. The summed E-state index contributed by atoms with van der Waals surface area (Å²) in [6.07, 6.45) is 4.61. The van der Waals surface area contributed by atoms with E-state index in [2.05, 4.69) is 15.6 Å². The van der Waals surface area contributed by atoms with Crippen molar-refractivity contribution >= 4 is 51.3 Å². The van der Waals surface area contributed by atoms with Gasteiger partial charge in [-0.2, -0.15) is 0 Å². The Bertz CT molecular complexity index is 1950. The van der Waals surface area contributed by atoms with Gasteiger partial charge in [-0.05, 0) is 54.4 Å². The number of nitrogens with zero attached hydrogens (tertiary/aromatic N) is 5. The molecule has 218 valence electrons. The second kappa shape index (κ2) is 12.0. The molecule has 0 aliphatic carbocycles. The molecule has 0 saturated carbocycles. The van der Waals surface area contributed by atoms with Crippen LogP contribution in [0.15, 0.2) is 103 Å². The van der Waals surface area contributed by atoms with Crippen LogP contribution in [0.3, 0.4) is 0 Å². The second-order valence-corrected chi connectivity index (χ2v) is 11.1. The maximum absolute atomic E-state index is 12.5. The highest BCUT2D eigenvalue weighted by Gasteiger charge is 2.22. The number of nitrogens with one attached hydrogen (secondary N) is 2. The fraction of sp³-hybridized carbons (Fsp3) is 0.121. The van der Waals surface area contributed by atoms with Crippen molar-refractivity contribution < 1.29 is 14.3 Å². The molecule has 6 aromatic rings. The number of fused-ring (bicyclic) bond motifs is 1. The molecular formula is C33H27N7O3S. The van der Waals surface area contributed by atoms with Crippen LogP contribution in [0.2, 0.25) is 0 Å². The van der Waals surface area contributed by atoms with Crippen molar-refractivity contribution in [3.05, 3.63) is 108 Å². The van der Waals surface area contributed by atoms with Gasteiger partial charge < -0.3 is 15.0 Å². The Balaban J connectivity index is 1.13. The molecule has 1 aliphatic heterocycles. The Morgan fingerprint density at radius 1 is 0.955 bits per heavy atom. The van der Waals surface area contributed by atoms with Crippen molar-refractivity contribution in [2.24, 2.45) is 0 Å². The number of hydrogen-bond donors (Lipinski definition) is 2. The van der Waals surface area contributed by atoms with E-state index in [1.807, 2.05) is 106 Å². The first-order chi connectivity index (χ1) is 21.6. The monoisotopic (exact) mass is 601 g/mol. The van der Waals surface area contributed by atoms with Gasteiger partial charge in [0.25, 0.3) is 0 Å². The first kappa shape index (κ1) is 27.3. The van der Waals surface area contributed by atoms with Crippen LogP contribution in [-0.4, -0.2) is 37.9 Å². The summed E-state index contributed by atoms with van der Waals surface area (Å²) in [4.78, 5) is 41.4. The number of hydrogen-bond acceptors (Lipinski definition) is 8. The van der Waals surface area contributed by atoms with E-state index < -0.39 is 6.09 Å². The SMILES string of the molecule is O=C(Nc1cccc(-c2nc3sccn3c2-c2ccnc(Nc3ccc(N4CCCC4=O)cc3)n2)c1)OCc1ccccc1. The molecule has 10 nitrogen and oxygen atoms in total. The predicted molar refractivity (Wildman–Crippen MR) is 171 cm³/mol. The molecular weight excluding hydrogens is 574 g/mol. The van der Waals surface area contributed by atoms with Crippen LogP contribution in [0, 0.1) is 0 Å². The molecule has 44 heavy (non-hydrogen) atoms. The van der Waals surface area contributed by atoms with Crippen molar-refractivity contribution in [2.45, 2.75) is 19.4 Å². The Kier molecular flexibility index (Phi) is 7.43. The number of carbonyl (C=O) groups excluding carboxylic acids is 2. The van der Waals surface area contributed by atoms with Gasteiger partial charge in [-0.3, -0.25) is 14.5 Å². The zero-order valence-corrected chi connectivity index (χ0v) is 24.3. The molecule has 1 saturated heterocycles. The lowest BCUT2D eigenvalue weighted by Gasteiger charge is -2.16. The third-order valence-electron chi connectivity index (χ3n) is 7.26. The predicted octanol–water partition coefficient (Wildman–Crippen LogP) is 7.14. The third-order valence-corrected chi connectivity index (χ3v) is 8.02. The lowest BCUT2D eigenvalue weighted by molar-refractivity contribution is -0.117. The van der Waals surface area contributed by atoms with Gasteiger partial charge in [-0.25, -0.2) is 19.7 Å². The Morgan fingerprint density at radius 2 is 1.82 bits per heavy atom. The van der Waals surface area contributed by atoms with E-state index in [0.717, 1.165) is 51.8 Å². The average molecular weight is 602 g/mol. The Hall–Kier alpha value is -5.55. The standard InChI is InChI=1S/C33H27N7O3S/c41-28-10-5-17-39(28)26-13-11-24(12-14-26)35-31-34-16-15-27(37-31)30-29(38-32-40(30)18-19-44-32)23-8-4-9-25(20-23)36-33(42)43-21-22-6-2-1-3-7-22/h1-4,6-9,11-16,18-20H,5,10,17,21H2,(H,36,42)(H,34,35,37). The molecule has 2 N–H and O–H groups in total. The molecule has 3 aromatic carbocycles. The van der Waals surface area contributed by atoms with Gasteiger partial charge >= 0.3 is 6.09 Å². The van der Waals surface area contributed by atoms with Gasteiger partial charge in [0, 0.05) is 53.4 Å². The zero-order valence-electron chi connectivity index (χ0n) is 23.5. The van der Waals surface area contributed by atoms with Crippen LogP contribution in [0.4, 0.5) is 27.8 Å². The highest BCUT2D eigenvalue weighted by Crippen LogP contribution is 2.35. The van der Waals surface area contributed by atoms with Crippen LogP contribution in [-0.2, 0) is 16.1 Å². The van der Waals surface area contributed by atoms with Crippen LogP contribution in [0.5, 0.6) is 0 Å². The summed E-state index contributed by atoms with van der Waals surface area (Å²) in [7, 11) is 0. The quantitative estimate of drug-likeness (QED) is 0.191. The number of rotatable bonds is 8. The lowest BCUT2D eigenvalue weighted by atomic mass is 10.1. The van der Waals surface area contributed by atoms with Crippen molar-refractivity contribution in [3.63, 3.8) is 0 Å². The van der Waals surface area contributed by atoms with Gasteiger partial charge in [0.15, 0.2) is 4.96 Å². The minimum Gasteiger partial charge on any atom is -0.444 e. The van der Waals surface area contributed by atoms with E-state index in [1.165, 1.54) is 11.3 Å². The fourth-order valence-corrected chi connectivity index (χ4v) is 5.89. The number of aromatic nitrogens is 4. The molecule has 0 atom stereocenters. The molecule has 1 aliphatic rings. The number of imidazole rings is 1. The molecule has 7 rings (SSSR count). The van der Waals surface area contributed by atoms with Crippen LogP contribution in [0.25, 0.3) is 27.6 Å². The third kappa shape index (κ3) is 5.72. The summed E-state index contributed by atoms with van der Waals surface area (Å²) in [5.74, 6) is 0.586. The van der Waals surface area contributed by atoms with E-state index in [0.29, 0.717) is 23.8 Å². The Morgan fingerprint density at radius 3 is 2.64 bits per heavy atom. The Labute approximate surface area is 257 Å². The number of benzene rings is 3. The first-order valence-electron chi connectivity index (χ1n) is 14.2. The molecule has 11 heteroatoms. The number of ether oxygens (including phenoxy) is 1. The van der Waals surface area contributed by atoms with E-state index in [-0.39, 0.29) is 12.5 Å². The number of anilines is 4. The summed E-state index contributed by atoms with van der Waals surface area (Å²) in [6.45, 7) is 0.930. The van der Waals surface area contributed by atoms with Gasteiger partial charge in [-0.1, -0.05) is 42.5 Å². The van der Waals surface area contributed by atoms with E-state index in [1.54, 1.807) is 6.20 Å². The van der Waals surface area contributed by atoms with Crippen LogP contribution in [0.1, 0.15) is 18.4 Å². The van der Waals surface area contributed by atoms with Gasteiger partial charge in [0.2, 0.25) is 11.9 Å². The summed E-state index contributed by atoms with van der Waals surface area (Å²) in [6, 6.07) is 26.6. The van der Waals surface area contributed by atoms with Crippen molar-refractivity contribution in [1.29, 1.82) is 0 Å². The van der Waals surface area contributed by atoms with Crippen LogP contribution < -0.4 is 15.5 Å². The molecule has 0 unspecified atom stereocenters. The maximum Gasteiger partial charge on any atom is 0.411 e. The second-order valence-electron chi connectivity index (χ2n) is 10.2. The highest BCUT2D eigenvalue weighted by molar-refractivity contribution is 7.15. The molecule has 1 fully saturated rings. The molecule has 4 heterocycles. The minimum absolute atomic E-state index is 0.155. The normalized spacial score (nSPS) is 12.9. The van der Waals surface area contributed by atoms with E-state index >= 15 is 0 Å². The van der Waals surface area contributed by atoms with Gasteiger partial charge in [0.05, 0.1) is 11.4 Å². The fourth-order valence-electron chi connectivity index (χ4n) is 5.18. The summed E-state index contributed by atoms with van der Waals surface area (Å²) < 4.78 is 7.40. The number of carbonyl (C=O) groups is 2. The largest absolute Gasteiger partial charge is 0.444 e. The summed E-state index contributed by atoms with van der Waals surface area (Å²) in [5, 5.41) is 8.07. The highest BCUT2D eigenvalue weighted by atomic mass is 32.1. The van der Waals surface area contributed by atoms with Gasteiger partial charge in [0.1, 0.15) is 12.3 Å². The summed E-state index contributed by atoms with van der Waals surface area (Å²) >= 11 is 1.52. The van der Waals surface area contributed by atoms with E-state index in [4.69, 9.17) is 14.7 Å². The van der Waals surface area contributed by atoms with E-state index in [9.17, 15) is 9.59 Å². The number of thiazole rings is 1. The van der Waals surface area contributed by atoms with Crippen molar-refractivity contribution in [3.8, 4) is 22.6 Å². The molecule has 0 radical (unpaired) electrons. The first-order valence-corrected chi connectivity index (χ1v) is 15.0. The summed E-state index contributed by atoms with van der Waals surface area (Å²) in [5.41, 5.74) is 6.23. The zero-order chi connectivity index (χ0) is 29.9. The van der Waals surface area contributed by atoms with Crippen molar-refractivity contribution in [1.82, 2.24) is 19.4 Å². The smallest absolute Gasteiger partial charge is 0.411 e.